The first kappa shape index (κ1) is 27.4. The van der Waals surface area contributed by atoms with Crippen LogP contribution in [-0.2, 0) is 57.2 Å². The summed E-state index contributed by atoms with van der Waals surface area (Å²) in [6.45, 7) is 4.96. The Bertz CT molecular complexity index is 820. The van der Waals surface area contributed by atoms with Gasteiger partial charge in [-0.3, -0.25) is 24.0 Å². The third-order valence-corrected chi connectivity index (χ3v) is 4.11. The van der Waals surface area contributed by atoms with Gasteiger partial charge in [0, 0.05) is 40.7 Å². The van der Waals surface area contributed by atoms with Crippen LogP contribution in [0.1, 0.15) is 34.6 Å². The fourth-order valence-corrected chi connectivity index (χ4v) is 3.04. The smallest absolute Gasteiger partial charge is 0.373 e. The number of esters is 5. The standard InChI is InChI=1S/C20H27NO12/c1-9(22)21-17-14(30-11(3)24)7-15(20(27)28-6)33-19(17)18(32-13(5)26)16(31-12(4)25)8-29-10(2)23/h7,14,16-19H,8H2,1-6H3,(H,21,22)/t14-,16+,17?,18+,19+/m0/s1. The Morgan fingerprint density at radius 2 is 1.55 bits per heavy atom. The highest BCUT2D eigenvalue weighted by molar-refractivity contribution is 5.86. The molecule has 1 aliphatic rings. The molecule has 0 bridgehead atoms. The van der Waals surface area contributed by atoms with Crippen molar-refractivity contribution in [2.75, 3.05) is 13.7 Å². The summed E-state index contributed by atoms with van der Waals surface area (Å²) in [4.78, 5) is 70.6. The maximum absolute atomic E-state index is 12.2. The number of carbonyl (C=O) groups is 6. The van der Waals surface area contributed by atoms with Crippen molar-refractivity contribution in [2.45, 2.75) is 65.1 Å². The molecule has 1 amide bonds. The maximum Gasteiger partial charge on any atom is 0.373 e. The zero-order chi connectivity index (χ0) is 25.3. The molecule has 33 heavy (non-hydrogen) atoms. The summed E-state index contributed by atoms with van der Waals surface area (Å²) < 4.78 is 30.9. The Morgan fingerprint density at radius 1 is 0.939 bits per heavy atom. The monoisotopic (exact) mass is 473 g/mol. The number of rotatable bonds is 9. The lowest BCUT2D eigenvalue weighted by atomic mass is 9.93. The van der Waals surface area contributed by atoms with Crippen LogP contribution < -0.4 is 5.32 Å². The molecule has 0 saturated carbocycles. The maximum atomic E-state index is 12.2. The molecular formula is C20H27NO12. The molecule has 5 atom stereocenters. The Balaban J connectivity index is 3.58. The first-order valence-corrected chi connectivity index (χ1v) is 9.74. The number of hydrogen-bond acceptors (Lipinski definition) is 12. The second kappa shape index (κ2) is 12.4. The molecule has 0 aliphatic carbocycles. The summed E-state index contributed by atoms with van der Waals surface area (Å²) in [5, 5.41) is 2.51. The minimum Gasteiger partial charge on any atom is -0.477 e. The quantitative estimate of drug-likeness (QED) is 0.331. The molecule has 1 heterocycles. The summed E-state index contributed by atoms with van der Waals surface area (Å²) in [5.74, 6) is -5.07. The van der Waals surface area contributed by atoms with Crippen LogP contribution in [0.25, 0.3) is 0 Å². The van der Waals surface area contributed by atoms with Crippen molar-refractivity contribution in [3.63, 3.8) is 0 Å². The van der Waals surface area contributed by atoms with E-state index in [0.717, 1.165) is 40.9 Å². The second-order valence-electron chi connectivity index (χ2n) is 6.93. The number of amides is 1. The van der Waals surface area contributed by atoms with Crippen molar-refractivity contribution < 1.29 is 57.2 Å². The van der Waals surface area contributed by atoms with Gasteiger partial charge < -0.3 is 33.7 Å². The Kier molecular flexibility index (Phi) is 10.3. The van der Waals surface area contributed by atoms with E-state index >= 15 is 0 Å². The molecule has 1 rings (SSSR count). The van der Waals surface area contributed by atoms with E-state index in [4.69, 9.17) is 23.7 Å². The van der Waals surface area contributed by atoms with Crippen LogP contribution in [0.2, 0.25) is 0 Å². The van der Waals surface area contributed by atoms with Crippen molar-refractivity contribution >= 4 is 35.8 Å². The third kappa shape index (κ3) is 8.79. The predicted octanol–water partition coefficient (Wildman–Crippen LogP) is -0.695. The van der Waals surface area contributed by atoms with Crippen molar-refractivity contribution in [1.29, 1.82) is 0 Å². The topological polar surface area (TPSA) is 170 Å². The Labute approximate surface area is 189 Å². The van der Waals surface area contributed by atoms with Gasteiger partial charge in [-0.15, -0.1) is 0 Å². The number of methoxy groups -OCH3 is 1. The van der Waals surface area contributed by atoms with Crippen molar-refractivity contribution in [3.05, 3.63) is 11.8 Å². The zero-order valence-corrected chi connectivity index (χ0v) is 19.1. The van der Waals surface area contributed by atoms with Crippen LogP contribution in [0.5, 0.6) is 0 Å². The van der Waals surface area contributed by atoms with Gasteiger partial charge in [0.1, 0.15) is 18.8 Å². The van der Waals surface area contributed by atoms with Gasteiger partial charge in [-0.25, -0.2) is 4.79 Å². The molecule has 0 saturated heterocycles. The van der Waals surface area contributed by atoms with Gasteiger partial charge in [0.2, 0.25) is 11.7 Å². The molecule has 1 aliphatic heterocycles. The highest BCUT2D eigenvalue weighted by atomic mass is 16.6. The highest BCUT2D eigenvalue weighted by Crippen LogP contribution is 2.28. The van der Waals surface area contributed by atoms with Crippen LogP contribution >= 0.6 is 0 Å². The van der Waals surface area contributed by atoms with E-state index in [1.165, 1.54) is 6.92 Å². The normalized spacial score (nSPS) is 21.2. The van der Waals surface area contributed by atoms with E-state index < -0.39 is 78.6 Å². The summed E-state index contributed by atoms with van der Waals surface area (Å²) in [6.07, 6.45) is -4.52. The van der Waals surface area contributed by atoms with Crippen LogP contribution in [0, 0.1) is 0 Å². The molecule has 0 radical (unpaired) electrons. The molecule has 0 aromatic rings. The lowest BCUT2D eigenvalue weighted by molar-refractivity contribution is -0.191. The van der Waals surface area contributed by atoms with E-state index in [9.17, 15) is 28.8 Å². The molecular weight excluding hydrogens is 446 g/mol. The van der Waals surface area contributed by atoms with Crippen molar-refractivity contribution in [1.82, 2.24) is 5.32 Å². The lowest BCUT2D eigenvalue weighted by Gasteiger charge is -2.41. The molecule has 13 nitrogen and oxygen atoms in total. The SMILES string of the molecule is COC(=O)C1=C[C@H](OC(C)=O)C(NC(C)=O)[C@H]([C@H](OC(C)=O)[C@@H](COC(C)=O)OC(C)=O)O1. The van der Waals surface area contributed by atoms with Crippen LogP contribution in [0.4, 0.5) is 0 Å². The van der Waals surface area contributed by atoms with Crippen LogP contribution in [-0.4, -0.2) is 79.9 Å². The molecule has 0 spiro atoms. The summed E-state index contributed by atoms with van der Waals surface area (Å²) >= 11 is 0. The first-order chi connectivity index (χ1) is 15.3. The van der Waals surface area contributed by atoms with Gasteiger partial charge >= 0.3 is 29.8 Å². The van der Waals surface area contributed by atoms with E-state index in [0.29, 0.717) is 0 Å². The Hall–Kier alpha value is -3.64. The summed E-state index contributed by atoms with van der Waals surface area (Å²) in [7, 11) is 1.08. The van der Waals surface area contributed by atoms with E-state index in [-0.39, 0.29) is 0 Å². The van der Waals surface area contributed by atoms with E-state index in [2.05, 4.69) is 10.1 Å². The highest BCUT2D eigenvalue weighted by Gasteiger charge is 2.49. The summed E-state index contributed by atoms with van der Waals surface area (Å²) in [6, 6.07) is -1.21. The second-order valence-corrected chi connectivity index (χ2v) is 6.93. The minimum absolute atomic E-state index is 0.415. The molecule has 13 heteroatoms. The fourth-order valence-electron chi connectivity index (χ4n) is 3.04. The molecule has 0 fully saturated rings. The van der Waals surface area contributed by atoms with Crippen molar-refractivity contribution in [3.8, 4) is 0 Å². The first-order valence-electron chi connectivity index (χ1n) is 9.74. The largest absolute Gasteiger partial charge is 0.477 e. The number of nitrogens with one attached hydrogen (secondary N) is 1. The van der Waals surface area contributed by atoms with Crippen LogP contribution in [0.3, 0.4) is 0 Å². The van der Waals surface area contributed by atoms with Gasteiger partial charge in [-0.05, 0) is 0 Å². The summed E-state index contributed by atoms with van der Waals surface area (Å²) in [5.41, 5.74) is 0. The average Bonchev–Trinajstić information content (AvgIpc) is 2.68. The molecule has 0 aromatic carbocycles. The Morgan fingerprint density at radius 3 is 2.00 bits per heavy atom. The molecule has 1 N–H and O–H groups in total. The number of carbonyl (C=O) groups excluding carboxylic acids is 6. The van der Waals surface area contributed by atoms with Gasteiger partial charge in [-0.1, -0.05) is 0 Å². The van der Waals surface area contributed by atoms with Crippen LogP contribution in [0.15, 0.2) is 11.8 Å². The molecule has 1 unspecified atom stereocenters. The number of ether oxygens (including phenoxy) is 6. The molecule has 0 aromatic heterocycles. The van der Waals surface area contributed by atoms with E-state index in [1.54, 1.807) is 0 Å². The zero-order valence-electron chi connectivity index (χ0n) is 19.1. The fraction of sp³-hybridized carbons (Fsp3) is 0.600. The molecule has 184 valence electrons. The predicted molar refractivity (Wildman–Crippen MR) is 106 cm³/mol. The van der Waals surface area contributed by atoms with E-state index in [1.807, 2.05) is 0 Å². The van der Waals surface area contributed by atoms with Gasteiger partial charge in [0.05, 0.1) is 7.11 Å². The van der Waals surface area contributed by atoms with Gasteiger partial charge in [0.25, 0.3) is 0 Å². The van der Waals surface area contributed by atoms with Gasteiger partial charge in [0.15, 0.2) is 18.3 Å². The lowest BCUT2D eigenvalue weighted by Crippen LogP contribution is -2.62. The average molecular weight is 473 g/mol. The number of hydrogen-bond donors (Lipinski definition) is 1. The van der Waals surface area contributed by atoms with Gasteiger partial charge in [-0.2, -0.15) is 0 Å². The third-order valence-electron chi connectivity index (χ3n) is 4.11. The minimum atomic E-state index is -1.52. The van der Waals surface area contributed by atoms with Crippen molar-refractivity contribution in [2.24, 2.45) is 0 Å².